The molecule has 0 bridgehead atoms. The molecule has 0 fully saturated rings. The Kier molecular flexibility index (Phi) is 7.75. The molecular weight excluding hydrogens is 356 g/mol. The summed E-state index contributed by atoms with van der Waals surface area (Å²) in [7, 11) is 1.28. The Morgan fingerprint density at radius 1 is 0.857 bits per heavy atom. The lowest BCUT2D eigenvalue weighted by atomic mass is 10.0. The second-order valence-corrected chi connectivity index (χ2v) is 6.72. The number of hydrogen-bond acceptors (Lipinski definition) is 4. The van der Waals surface area contributed by atoms with Crippen molar-refractivity contribution in [1.29, 1.82) is 0 Å². The van der Waals surface area contributed by atoms with Gasteiger partial charge in [-0.05, 0) is 18.1 Å². The van der Waals surface area contributed by atoms with Gasteiger partial charge in [0.05, 0.1) is 7.11 Å². The van der Waals surface area contributed by atoms with Crippen LogP contribution in [-0.4, -0.2) is 37.0 Å². The third-order valence-corrected chi connectivity index (χ3v) is 4.34. The van der Waals surface area contributed by atoms with E-state index in [1.54, 1.807) is 0 Å². The minimum atomic E-state index is -0.841. The van der Waals surface area contributed by atoms with Crippen LogP contribution in [0.5, 0.6) is 0 Å². The molecule has 0 saturated carbocycles. The second kappa shape index (κ2) is 10.3. The molecule has 2 N–H and O–H groups in total. The number of nitrogens with one attached hydrogen (secondary N) is 2. The van der Waals surface area contributed by atoms with Gasteiger partial charge in [0.25, 0.3) is 0 Å². The van der Waals surface area contributed by atoms with Crippen LogP contribution in [-0.2, 0) is 32.0 Å². The number of ether oxygens (including phenoxy) is 1. The number of rotatable bonds is 8. The van der Waals surface area contributed by atoms with Gasteiger partial charge in [0, 0.05) is 19.8 Å². The molecule has 2 atom stereocenters. The van der Waals surface area contributed by atoms with E-state index in [1.807, 2.05) is 61.5 Å². The summed E-state index contributed by atoms with van der Waals surface area (Å²) in [6.07, 6.45) is 0.626. The molecule has 148 valence electrons. The van der Waals surface area contributed by atoms with Crippen molar-refractivity contribution in [2.45, 2.75) is 38.8 Å². The van der Waals surface area contributed by atoms with Crippen molar-refractivity contribution >= 4 is 17.8 Å². The van der Waals surface area contributed by atoms with Crippen molar-refractivity contribution in [1.82, 2.24) is 10.6 Å². The monoisotopic (exact) mass is 382 g/mol. The topological polar surface area (TPSA) is 84.5 Å². The highest BCUT2D eigenvalue weighted by atomic mass is 16.5. The average molecular weight is 382 g/mol. The fourth-order valence-corrected chi connectivity index (χ4v) is 2.87. The third kappa shape index (κ3) is 6.54. The molecule has 2 rings (SSSR count). The molecule has 2 amide bonds. The van der Waals surface area contributed by atoms with Gasteiger partial charge in [0.2, 0.25) is 11.8 Å². The van der Waals surface area contributed by atoms with Crippen LogP contribution in [0, 0.1) is 6.92 Å². The lowest BCUT2D eigenvalue weighted by molar-refractivity contribution is -0.145. The average Bonchev–Trinajstić information content (AvgIpc) is 2.68. The van der Waals surface area contributed by atoms with Crippen molar-refractivity contribution in [3.05, 3.63) is 71.3 Å². The predicted molar refractivity (Wildman–Crippen MR) is 107 cm³/mol. The van der Waals surface area contributed by atoms with Crippen molar-refractivity contribution in [2.24, 2.45) is 0 Å². The second-order valence-electron chi connectivity index (χ2n) is 6.72. The molecule has 0 spiro atoms. The number of esters is 1. The number of methoxy groups -OCH3 is 1. The molecular formula is C22H26N2O4. The standard InChI is InChI=1S/C22H26N2O4/c1-15-9-11-18(12-10-15)14-20(22(27)28-3)24-21(26)19(23-16(2)25)13-17-7-5-4-6-8-17/h4-12,19-20H,13-14H2,1-3H3,(H,23,25)(H,24,26)/t19-,20+/m1/s1. The van der Waals surface area contributed by atoms with E-state index in [2.05, 4.69) is 10.6 Å². The number of carbonyl (C=O) groups excluding carboxylic acids is 3. The first kappa shape index (κ1) is 21.2. The molecule has 0 aliphatic rings. The number of carbonyl (C=O) groups is 3. The normalized spacial score (nSPS) is 12.5. The van der Waals surface area contributed by atoms with E-state index < -0.39 is 24.0 Å². The van der Waals surface area contributed by atoms with Crippen LogP contribution in [0.1, 0.15) is 23.6 Å². The van der Waals surface area contributed by atoms with Crippen LogP contribution in [0.4, 0.5) is 0 Å². The summed E-state index contributed by atoms with van der Waals surface area (Å²) >= 11 is 0. The first-order chi connectivity index (χ1) is 13.4. The van der Waals surface area contributed by atoms with Gasteiger partial charge in [-0.15, -0.1) is 0 Å². The van der Waals surface area contributed by atoms with Crippen LogP contribution >= 0.6 is 0 Å². The maximum Gasteiger partial charge on any atom is 0.328 e. The van der Waals surface area contributed by atoms with E-state index in [0.717, 1.165) is 16.7 Å². The Hall–Kier alpha value is -3.15. The molecule has 0 aliphatic heterocycles. The SMILES string of the molecule is COC(=O)[C@H](Cc1ccc(C)cc1)NC(=O)[C@@H](Cc1ccccc1)NC(C)=O. The zero-order valence-corrected chi connectivity index (χ0v) is 16.4. The van der Waals surface area contributed by atoms with Gasteiger partial charge in [-0.3, -0.25) is 9.59 Å². The minimum Gasteiger partial charge on any atom is -0.467 e. The van der Waals surface area contributed by atoms with Crippen molar-refractivity contribution in [2.75, 3.05) is 7.11 Å². The van der Waals surface area contributed by atoms with Crippen LogP contribution in [0.2, 0.25) is 0 Å². The first-order valence-corrected chi connectivity index (χ1v) is 9.14. The minimum absolute atomic E-state index is 0.302. The van der Waals surface area contributed by atoms with Gasteiger partial charge in [0.15, 0.2) is 0 Å². The highest BCUT2D eigenvalue weighted by Gasteiger charge is 2.27. The fourth-order valence-electron chi connectivity index (χ4n) is 2.87. The Labute approximate surface area is 165 Å². The van der Waals surface area contributed by atoms with E-state index in [-0.39, 0.29) is 5.91 Å². The molecule has 6 heteroatoms. The Morgan fingerprint density at radius 3 is 2.00 bits per heavy atom. The van der Waals surface area contributed by atoms with Crippen LogP contribution in [0.3, 0.4) is 0 Å². The Morgan fingerprint density at radius 2 is 1.43 bits per heavy atom. The number of benzene rings is 2. The number of aryl methyl sites for hydroxylation is 1. The lowest BCUT2D eigenvalue weighted by Gasteiger charge is -2.22. The molecule has 0 aromatic heterocycles. The highest BCUT2D eigenvalue weighted by molar-refractivity contribution is 5.90. The van der Waals surface area contributed by atoms with Crippen molar-refractivity contribution < 1.29 is 19.1 Å². The molecule has 28 heavy (non-hydrogen) atoms. The van der Waals surface area contributed by atoms with E-state index >= 15 is 0 Å². The molecule has 2 aromatic rings. The van der Waals surface area contributed by atoms with Crippen LogP contribution < -0.4 is 10.6 Å². The first-order valence-electron chi connectivity index (χ1n) is 9.14. The Bertz CT molecular complexity index is 803. The van der Waals surface area contributed by atoms with Gasteiger partial charge in [-0.2, -0.15) is 0 Å². The molecule has 0 heterocycles. The van der Waals surface area contributed by atoms with Crippen molar-refractivity contribution in [3.63, 3.8) is 0 Å². The molecule has 0 radical (unpaired) electrons. The Balaban J connectivity index is 2.14. The number of amides is 2. The summed E-state index contributed by atoms with van der Waals surface area (Å²) in [5.74, 6) is -1.28. The summed E-state index contributed by atoms with van der Waals surface area (Å²) in [6.45, 7) is 3.33. The van der Waals surface area contributed by atoms with Crippen LogP contribution in [0.25, 0.3) is 0 Å². The summed E-state index contributed by atoms with van der Waals surface area (Å²) in [5.41, 5.74) is 2.92. The van der Waals surface area contributed by atoms with Crippen molar-refractivity contribution in [3.8, 4) is 0 Å². The summed E-state index contributed by atoms with van der Waals surface area (Å²) < 4.78 is 4.85. The zero-order valence-electron chi connectivity index (χ0n) is 16.4. The summed E-state index contributed by atoms with van der Waals surface area (Å²) in [6, 6.07) is 15.5. The van der Waals surface area contributed by atoms with Gasteiger partial charge in [-0.25, -0.2) is 4.79 Å². The highest BCUT2D eigenvalue weighted by Crippen LogP contribution is 2.09. The largest absolute Gasteiger partial charge is 0.467 e. The number of hydrogen-bond donors (Lipinski definition) is 2. The molecule has 0 unspecified atom stereocenters. The predicted octanol–water partition coefficient (Wildman–Crippen LogP) is 1.94. The summed E-state index contributed by atoms with van der Waals surface area (Å²) in [5, 5.41) is 5.39. The van der Waals surface area contributed by atoms with E-state index in [4.69, 9.17) is 4.74 Å². The molecule has 0 aliphatic carbocycles. The quantitative estimate of drug-likeness (QED) is 0.684. The van der Waals surface area contributed by atoms with E-state index in [1.165, 1.54) is 14.0 Å². The maximum atomic E-state index is 12.8. The molecule has 0 saturated heterocycles. The summed E-state index contributed by atoms with van der Waals surface area (Å²) in [4.78, 5) is 36.6. The van der Waals surface area contributed by atoms with Crippen LogP contribution in [0.15, 0.2) is 54.6 Å². The van der Waals surface area contributed by atoms with Gasteiger partial charge >= 0.3 is 5.97 Å². The molecule has 2 aromatic carbocycles. The lowest BCUT2D eigenvalue weighted by Crippen LogP contribution is -2.53. The third-order valence-electron chi connectivity index (χ3n) is 4.34. The van der Waals surface area contributed by atoms with E-state index in [0.29, 0.717) is 12.8 Å². The smallest absolute Gasteiger partial charge is 0.328 e. The van der Waals surface area contributed by atoms with Gasteiger partial charge in [-0.1, -0.05) is 60.2 Å². The fraction of sp³-hybridized carbons (Fsp3) is 0.318. The molecule has 6 nitrogen and oxygen atoms in total. The zero-order chi connectivity index (χ0) is 20.5. The maximum absolute atomic E-state index is 12.8. The van der Waals surface area contributed by atoms with Gasteiger partial charge < -0.3 is 15.4 Å². The van der Waals surface area contributed by atoms with E-state index in [9.17, 15) is 14.4 Å². The van der Waals surface area contributed by atoms with Gasteiger partial charge in [0.1, 0.15) is 12.1 Å².